The lowest BCUT2D eigenvalue weighted by Gasteiger charge is -2.06. The molecular weight excluding hydrogens is 168 g/mol. The molecule has 0 saturated carbocycles. The zero-order valence-corrected chi connectivity index (χ0v) is 7.80. The van der Waals surface area contributed by atoms with Crippen molar-refractivity contribution in [2.24, 2.45) is 0 Å². The van der Waals surface area contributed by atoms with Crippen LogP contribution in [0.3, 0.4) is 0 Å². The number of carbonyl (C=O) groups is 1. The van der Waals surface area contributed by atoms with Crippen molar-refractivity contribution in [3.63, 3.8) is 0 Å². The molecule has 0 spiro atoms. The Morgan fingerprint density at radius 2 is 2.20 bits per heavy atom. The molecule has 1 atom stereocenters. The molecule has 0 bridgehead atoms. The van der Waals surface area contributed by atoms with Crippen LogP contribution in [0.4, 0.5) is 0 Å². The normalized spacial score (nSPS) is 13.0. The number of carboxylic acid groups (broad SMARTS) is 1. The van der Waals surface area contributed by atoms with Gasteiger partial charge in [-0.1, -0.05) is 0 Å². The molecule has 1 unspecified atom stereocenters. The maximum Gasteiger partial charge on any atom is 0.316 e. The SMILES string of the molecule is CSCCC(SC)C(=O)O. The Kier molecular flexibility index (Phi) is 6.02. The summed E-state index contributed by atoms with van der Waals surface area (Å²) < 4.78 is 0. The maximum atomic E-state index is 10.4. The van der Waals surface area contributed by atoms with Gasteiger partial charge < -0.3 is 5.11 Å². The number of thioether (sulfide) groups is 2. The molecule has 0 aliphatic carbocycles. The van der Waals surface area contributed by atoms with Crippen LogP contribution >= 0.6 is 23.5 Å². The largest absolute Gasteiger partial charge is 0.480 e. The molecule has 0 amide bonds. The van der Waals surface area contributed by atoms with Crippen molar-refractivity contribution in [1.82, 2.24) is 0 Å². The Hall–Kier alpha value is 0.170. The lowest BCUT2D eigenvalue weighted by Crippen LogP contribution is -2.16. The lowest BCUT2D eigenvalue weighted by atomic mass is 10.3. The molecule has 60 valence electrons. The van der Waals surface area contributed by atoms with E-state index >= 15 is 0 Å². The molecule has 0 aromatic carbocycles. The summed E-state index contributed by atoms with van der Waals surface area (Å²) in [7, 11) is 0. The van der Waals surface area contributed by atoms with Crippen LogP contribution in [0.2, 0.25) is 0 Å². The van der Waals surface area contributed by atoms with Crippen LogP contribution in [0.1, 0.15) is 6.42 Å². The lowest BCUT2D eigenvalue weighted by molar-refractivity contribution is -0.136. The molecule has 4 heteroatoms. The molecule has 0 fully saturated rings. The summed E-state index contributed by atoms with van der Waals surface area (Å²) in [5.74, 6) is 0.235. The van der Waals surface area contributed by atoms with E-state index in [1.165, 1.54) is 11.8 Å². The second-order valence-corrected chi connectivity index (χ2v) is 3.87. The summed E-state index contributed by atoms with van der Waals surface area (Å²) in [4.78, 5) is 10.4. The van der Waals surface area contributed by atoms with Gasteiger partial charge in [-0.2, -0.15) is 23.5 Å². The molecule has 0 saturated heterocycles. The first-order chi connectivity index (χ1) is 4.72. The highest BCUT2D eigenvalue weighted by molar-refractivity contribution is 8.00. The van der Waals surface area contributed by atoms with Gasteiger partial charge in [0.1, 0.15) is 5.25 Å². The standard InChI is InChI=1S/C6H12O2S2/c1-9-4-3-5(10-2)6(7)8/h5H,3-4H2,1-2H3,(H,7,8). The van der Waals surface area contributed by atoms with Gasteiger partial charge in [-0.05, 0) is 24.7 Å². The zero-order chi connectivity index (χ0) is 7.98. The summed E-state index contributed by atoms with van der Waals surface area (Å²) >= 11 is 3.09. The average Bonchev–Trinajstić information content (AvgIpc) is 1.89. The van der Waals surface area contributed by atoms with Crippen molar-refractivity contribution in [1.29, 1.82) is 0 Å². The van der Waals surface area contributed by atoms with Gasteiger partial charge in [-0.3, -0.25) is 4.79 Å². The minimum Gasteiger partial charge on any atom is -0.480 e. The van der Waals surface area contributed by atoms with Crippen LogP contribution in [0, 0.1) is 0 Å². The monoisotopic (exact) mass is 180 g/mol. The van der Waals surface area contributed by atoms with E-state index in [1.54, 1.807) is 11.8 Å². The van der Waals surface area contributed by atoms with Crippen LogP contribution in [-0.4, -0.2) is 34.6 Å². The van der Waals surface area contributed by atoms with Crippen molar-refractivity contribution in [3.8, 4) is 0 Å². The van der Waals surface area contributed by atoms with Crippen molar-refractivity contribution in [2.75, 3.05) is 18.3 Å². The summed E-state index contributed by atoms with van der Waals surface area (Å²) in [5, 5.41) is 8.35. The molecule has 10 heavy (non-hydrogen) atoms. The first-order valence-corrected chi connectivity index (χ1v) is 5.65. The maximum absolute atomic E-state index is 10.4. The van der Waals surface area contributed by atoms with Gasteiger partial charge in [-0.25, -0.2) is 0 Å². The van der Waals surface area contributed by atoms with Crippen LogP contribution in [0.25, 0.3) is 0 Å². The predicted octanol–water partition coefficient (Wildman–Crippen LogP) is 1.56. The van der Waals surface area contributed by atoms with Crippen molar-refractivity contribution in [2.45, 2.75) is 11.7 Å². The molecule has 2 nitrogen and oxygen atoms in total. The van der Waals surface area contributed by atoms with E-state index in [2.05, 4.69) is 0 Å². The van der Waals surface area contributed by atoms with Gasteiger partial charge >= 0.3 is 5.97 Å². The van der Waals surface area contributed by atoms with Crippen LogP contribution in [-0.2, 0) is 4.79 Å². The van der Waals surface area contributed by atoms with Gasteiger partial charge in [0, 0.05) is 0 Å². The van der Waals surface area contributed by atoms with E-state index in [0.29, 0.717) is 0 Å². The van der Waals surface area contributed by atoms with Crippen molar-refractivity contribution >= 4 is 29.5 Å². The third-order valence-corrected chi connectivity index (χ3v) is 2.79. The van der Waals surface area contributed by atoms with E-state index in [0.717, 1.165) is 12.2 Å². The van der Waals surface area contributed by atoms with Crippen molar-refractivity contribution < 1.29 is 9.90 Å². The Balaban J connectivity index is 3.50. The third kappa shape index (κ3) is 4.06. The Morgan fingerprint density at radius 3 is 2.50 bits per heavy atom. The Bertz CT molecular complexity index is 106. The van der Waals surface area contributed by atoms with Crippen LogP contribution < -0.4 is 0 Å². The second-order valence-electron chi connectivity index (χ2n) is 1.84. The van der Waals surface area contributed by atoms with E-state index < -0.39 is 5.97 Å². The van der Waals surface area contributed by atoms with Gasteiger partial charge in [0.25, 0.3) is 0 Å². The van der Waals surface area contributed by atoms with E-state index in [9.17, 15) is 4.79 Å². The smallest absolute Gasteiger partial charge is 0.316 e. The molecule has 0 heterocycles. The minimum absolute atomic E-state index is 0.215. The van der Waals surface area contributed by atoms with E-state index in [1.807, 2.05) is 12.5 Å². The average molecular weight is 180 g/mol. The third-order valence-electron chi connectivity index (χ3n) is 1.14. The zero-order valence-electron chi connectivity index (χ0n) is 6.16. The highest BCUT2D eigenvalue weighted by atomic mass is 32.2. The number of carboxylic acids is 1. The molecule has 0 aliphatic rings. The first-order valence-electron chi connectivity index (χ1n) is 2.97. The predicted molar refractivity (Wildman–Crippen MR) is 47.9 cm³/mol. The quantitative estimate of drug-likeness (QED) is 0.696. The molecule has 0 aromatic heterocycles. The number of aliphatic carboxylic acids is 1. The number of rotatable bonds is 5. The fraction of sp³-hybridized carbons (Fsp3) is 0.833. The summed E-state index contributed by atoms with van der Waals surface area (Å²) in [6, 6.07) is 0. The fourth-order valence-electron chi connectivity index (χ4n) is 0.567. The Morgan fingerprint density at radius 1 is 1.60 bits per heavy atom. The first kappa shape index (κ1) is 10.2. The summed E-state index contributed by atoms with van der Waals surface area (Å²) in [6.45, 7) is 0. The molecular formula is C6H12O2S2. The van der Waals surface area contributed by atoms with Crippen molar-refractivity contribution in [3.05, 3.63) is 0 Å². The summed E-state index contributed by atoms with van der Waals surface area (Å²) in [6.07, 6.45) is 4.58. The van der Waals surface area contributed by atoms with Crippen LogP contribution in [0.5, 0.6) is 0 Å². The molecule has 0 radical (unpaired) electrons. The highest BCUT2D eigenvalue weighted by Gasteiger charge is 2.13. The molecule has 0 rings (SSSR count). The van der Waals surface area contributed by atoms with E-state index in [-0.39, 0.29) is 5.25 Å². The topological polar surface area (TPSA) is 37.3 Å². The summed E-state index contributed by atoms with van der Waals surface area (Å²) in [5.41, 5.74) is 0. The van der Waals surface area contributed by atoms with E-state index in [4.69, 9.17) is 5.11 Å². The molecule has 1 N–H and O–H groups in total. The minimum atomic E-state index is -0.693. The molecule has 0 aromatic rings. The second kappa shape index (κ2) is 5.92. The Labute approximate surface area is 69.8 Å². The number of hydrogen-bond acceptors (Lipinski definition) is 3. The molecule has 0 aliphatic heterocycles. The van der Waals surface area contributed by atoms with Crippen LogP contribution in [0.15, 0.2) is 0 Å². The number of hydrogen-bond donors (Lipinski definition) is 1. The van der Waals surface area contributed by atoms with Gasteiger partial charge in [0.15, 0.2) is 0 Å². The van der Waals surface area contributed by atoms with Gasteiger partial charge in [0.2, 0.25) is 0 Å². The van der Waals surface area contributed by atoms with Gasteiger partial charge in [-0.15, -0.1) is 0 Å². The fourth-order valence-corrected chi connectivity index (χ4v) is 1.74. The van der Waals surface area contributed by atoms with Gasteiger partial charge in [0.05, 0.1) is 0 Å². The highest BCUT2D eigenvalue weighted by Crippen LogP contribution is 2.13.